The van der Waals surface area contributed by atoms with Crippen molar-refractivity contribution in [1.82, 2.24) is 15.8 Å². The van der Waals surface area contributed by atoms with Gasteiger partial charge in [-0.25, -0.2) is 4.79 Å². The topological polar surface area (TPSA) is 87.7 Å². The highest BCUT2D eigenvalue weighted by Crippen LogP contribution is 2.33. The fourth-order valence-corrected chi connectivity index (χ4v) is 4.10. The first kappa shape index (κ1) is 18.6. The molecule has 0 bridgehead atoms. The van der Waals surface area contributed by atoms with Crippen molar-refractivity contribution in [2.75, 3.05) is 6.61 Å². The first-order valence-corrected chi connectivity index (χ1v) is 9.64. The van der Waals surface area contributed by atoms with Crippen molar-refractivity contribution in [3.05, 3.63) is 41.4 Å². The highest BCUT2D eigenvalue weighted by atomic mass is 35.5. The van der Waals surface area contributed by atoms with Gasteiger partial charge in [-0.05, 0) is 25.0 Å². The lowest BCUT2D eigenvalue weighted by atomic mass is 9.82. The van der Waals surface area contributed by atoms with Gasteiger partial charge < -0.3 is 10.1 Å². The molecule has 1 aliphatic carbocycles. The normalized spacial score (nSPS) is 18.4. The van der Waals surface area contributed by atoms with E-state index in [1.807, 2.05) is 24.3 Å². The number of rotatable bonds is 4. The Hall–Kier alpha value is -2.80. The average molecular weight is 402 g/mol. The zero-order valence-electron chi connectivity index (χ0n) is 15.2. The molecule has 2 aromatic carbocycles. The van der Waals surface area contributed by atoms with Crippen LogP contribution < -0.4 is 15.5 Å². The Balaban J connectivity index is 1.42. The quantitative estimate of drug-likeness (QED) is 0.770. The van der Waals surface area contributed by atoms with Gasteiger partial charge >= 0.3 is 6.03 Å². The molecule has 0 aromatic heterocycles. The molecule has 28 heavy (non-hydrogen) atoms. The van der Waals surface area contributed by atoms with Gasteiger partial charge in [-0.1, -0.05) is 55.1 Å². The van der Waals surface area contributed by atoms with Crippen LogP contribution in [-0.2, 0) is 9.59 Å². The van der Waals surface area contributed by atoms with Gasteiger partial charge in [-0.15, -0.1) is 0 Å². The second-order valence-electron chi connectivity index (χ2n) is 7.13. The van der Waals surface area contributed by atoms with E-state index in [1.54, 1.807) is 12.1 Å². The predicted octanol–water partition coefficient (Wildman–Crippen LogP) is 3.16. The van der Waals surface area contributed by atoms with Crippen LogP contribution in [0.1, 0.15) is 32.1 Å². The molecular weight excluding hydrogens is 382 g/mol. The third-order valence-corrected chi connectivity index (χ3v) is 5.62. The van der Waals surface area contributed by atoms with Crippen molar-refractivity contribution in [2.24, 2.45) is 0 Å². The Morgan fingerprint density at radius 2 is 1.82 bits per heavy atom. The van der Waals surface area contributed by atoms with Crippen molar-refractivity contribution < 1.29 is 19.1 Å². The molecule has 1 aliphatic heterocycles. The zero-order valence-corrected chi connectivity index (χ0v) is 15.9. The molecule has 2 aliphatic rings. The maximum absolute atomic E-state index is 12.7. The molecule has 1 heterocycles. The highest BCUT2D eigenvalue weighted by molar-refractivity contribution is 6.35. The van der Waals surface area contributed by atoms with E-state index >= 15 is 0 Å². The third kappa shape index (κ3) is 3.26. The second kappa shape index (κ2) is 7.31. The van der Waals surface area contributed by atoms with Gasteiger partial charge in [0.15, 0.2) is 6.61 Å². The Labute approximate surface area is 166 Å². The number of fused-ring (bicyclic) bond motifs is 1. The maximum Gasteiger partial charge on any atom is 0.344 e. The molecular formula is C20H20ClN3O4. The number of urea groups is 1. The molecule has 4 amide bonds. The molecule has 0 radical (unpaired) electrons. The van der Waals surface area contributed by atoms with Crippen LogP contribution in [0.4, 0.5) is 4.79 Å². The number of nitrogens with zero attached hydrogens (tertiary/aromatic N) is 1. The van der Waals surface area contributed by atoms with E-state index in [4.69, 9.17) is 16.3 Å². The summed E-state index contributed by atoms with van der Waals surface area (Å²) in [6, 6.07) is 10.2. The molecule has 2 fully saturated rings. The van der Waals surface area contributed by atoms with Crippen LogP contribution in [0.15, 0.2) is 36.4 Å². The summed E-state index contributed by atoms with van der Waals surface area (Å²) >= 11 is 6.18. The van der Waals surface area contributed by atoms with E-state index in [2.05, 4.69) is 10.7 Å². The van der Waals surface area contributed by atoms with E-state index in [1.165, 1.54) is 0 Å². The van der Waals surface area contributed by atoms with Crippen molar-refractivity contribution in [3.63, 3.8) is 0 Å². The lowest BCUT2D eigenvalue weighted by Gasteiger charge is -2.30. The van der Waals surface area contributed by atoms with Gasteiger partial charge in [-0.3, -0.25) is 15.0 Å². The molecule has 2 N–H and O–H groups in total. The van der Waals surface area contributed by atoms with Gasteiger partial charge in [0.05, 0.1) is 0 Å². The summed E-state index contributed by atoms with van der Waals surface area (Å²) in [4.78, 5) is 37.2. The number of halogens is 1. The van der Waals surface area contributed by atoms with Crippen LogP contribution >= 0.6 is 11.6 Å². The summed E-state index contributed by atoms with van der Waals surface area (Å²) in [5.74, 6) is -0.492. The summed E-state index contributed by atoms with van der Waals surface area (Å²) in [6.07, 6.45) is 3.98. The van der Waals surface area contributed by atoms with Crippen LogP contribution in [0.3, 0.4) is 0 Å². The Bertz CT molecular complexity index is 956. The number of hydrazine groups is 1. The number of hydrogen-bond donors (Lipinski definition) is 2. The van der Waals surface area contributed by atoms with E-state index in [0.29, 0.717) is 23.6 Å². The minimum absolute atomic E-state index is 0.338. The Morgan fingerprint density at radius 1 is 1.11 bits per heavy atom. The largest absolute Gasteiger partial charge is 0.483 e. The zero-order chi connectivity index (χ0) is 19.7. The molecule has 0 unspecified atom stereocenters. The summed E-state index contributed by atoms with van der Waals surface area (Å²) in [6.45, 7) is -0.338. The number of carbonyl (C=O) groups is 3. The molecule has 4 rings (SSSR count). The molecule has 146 valence electrons. The van der Waals surface area contributed by atoms with E-state index in [9.17, 15) is 14.4 Å². The van der Waals surface area contributed by atoms with Crippen molar-refractivity contribution in [1.29, 1.82) is 0 Å². The van der Waals surface area contributed by atoms with E-state index in [-0.39, 0.29) is 6.61 Å². The molecule has 8 heteroatoms. The number of amides is 4. The van der Waals surface area contributed by atoms with Crippen LogP contribution in [0.5, 0.6) is 5.75 Å². The minimum atomic E-state index is -0.879. The predicted molar refractivity (Wildman–Crippen MR) is 104 cm³/mol. The van der Waals surface area contributed by atoms with Crippen LogP contribution in [0.2, 0.25) is 5.02 Å². The van der Waals surface area contributed by atoms with Crippen molar-refractivity contribution in [3.8, 4) is 5.75 Å². The standard InChI is InChI=1S/C20H20ClN3O4/c21-15-8-9-16(14-7-3-2-6-13(14)15)28-12-17(25)23-24-18(26)20(22-19(24)27)10-4-1-5-11-20/h2-3,6-9H,1,4-5,10-12H2,(H,22,27)(H,23,25). The lowest BCUT2D eigenvalue weighted by Crippen LogP contribution is -2.51. The molecule has 0 atom stereocenters. The third-order valence-electron chi connectivity index (χ3n) is 5.30. The first-order chi connectivity index (χ1) is 13.5. The number of hydrogen-bond acceptors (Lipinski definition) is 4. The molecule has 1 saturated heterocycles. The number of carbonyl (C=O) groups excluding carboxylic acids is 3. The number of ether oxygens (including phenoxy) is 1. The second-order valence-corrected chi connectivity index (χ2v) is 7.54. The number of benzene rings is 2. The molecule has 1 saturated carbocycles. The molecule has 2 aromatic rings. The lowest BCUT2D eigenvalue weighted by molar-refractivity contribution is -0.140. The molecule has 7 nitrogen and oxygen atoms in total. The van der Waals surface area contributed by atoms with Gasteiger partial charge in [0.1, 0.15) is 11.3 Å². The van der Waals surface area contributed by atoms with Gasteiger partial charge in [0.25, 0.3) is 11.8 Å². The highest BCUT2D eigenvalue weighted by Gasteiger charge is 2.52. The smallest absolute Gasteiger partial charge is 0.344 e. The summed E-state index contributed by atoms with van der Waals surface area (Å²) in [7, 11) is 0. The fraction of sp³-hybridized carbons (Fsp3) is 0.350. The van der Waals surface area contributed by atoms with Crippen LogP contribution in [0, 0.1) is 0 Å². The van der Waals surface area contributed by atoms with Crippen LogP contribution in [-0.4, -0.2) is 35.0 Å². The summed E-state index contributed by atoms with van der Waals surface area (Å²) in [5, 5.41) is 5.70. The van der Waals surface area contributed by atoms with Gasteiger partial charge in [-0.2, -0.15) is 5.01 Å². The average Bonchev–Trinajstić information content (AvgIpc) is 2.92. The number of nitrogens with one attached hydrogen (secondary N) is 2. The summed E-state index contributed by atoms with van der Waals surface area (Å²) < 4.78 is 5.61. The van der Waals surface area contributed by atoms with Crippen molar-refractivity contribution >= 4 is 40.2 Å². The van der Waals surface area contributed by atoms with E-state index < -0.39 is 23.4 Å². The van der Waals surface area contributed by atoms with Crippen molar-refractivity contribution in [2.45, 2.75) is 37.6 Å². The minimum Gasteiger partial charge on any atom is -0.483 e. The Morgan fingerprint density at radius 3 is 2.57 bits per heavy atom. The van der Waals surface area contributed by atoms with Crippen LogP contribution in [0.25, 0.3) is 10.8 Å². The number of imide groups is 1. The monoisotopic (exact) mass is 401 g/mol. The summed E-state index contributed by atoms with van der Waals surface area (Å²) in [5.41, 5.74) is 1.48. The van der Waals surface area contributed by atoms with E-state index in [0.717, 1.165) is 35.0 Å². The molecule has 1 spiro atoms. The first-order valence-electron chi connectivity index (χ1n) is 9.26. The maximum atomic E-state index is 12.7. The fourth-order valence-electron chi connectivity index (χ4n) is 3.88. The Kier molecular flexibility index (Phi) is 4.85. The van der Waals surface area contributed by atoms with Gasteiger partial charge in [0.2, 0.25) is 0 Å². The van der Waals surface area contributed by atoms with Gasteiger partial charge in [0, 0.05) is 15.8 Å². The SMILES string of the molecule is O=C(COc1ccc(Cl)c2ccccc12)NN1C(=O)NC2(CCCCC2)C1=O.